The predicted octanol–water partition coefficient (Wildman–Crippen LogP) is 0.0540. The van der Waals surface area contributed by atoms with Crippen molar-refractivity contribution < 1.29 is 24.5 Å². The maximum Gasteiger partial charge on any atom is 0.259 e. The number of carbonyl (C=O) groups is 2. The van der Waals surface area contributed by atoms with E-state index in [1.165, 1.54) is 6.20 Å². The Hall–Kier alpha value is -2.67. The largest absolute Gasteiger partial charge is 0.472 e. The van der Waals surface area contributed by atoms with Crippen molar-refractivity contribution in [3.8, 4) is 17.7 Å². The molecule has 0 aliphatic carbocycles. The summed E-state index contributed by atoms with van der Waals surface area (Å²) in [5.74, 6) is 5.13. The fraction of sp³-hybridized carbons (Fsp3) is 0.609. The van der Waals surface area contributed by atoms with Gasteiger partial charge in [-0.25, -0.2) is 4.98 Å². The minimum Gasteiger partial charge on any atom is -0.472 e. The van der Waals surface area contributed by atoms with Crippen LogP contribution in [0.4, 0.5) is 0 Å². The lowest BCUT2D eigenvalue weighted by molar-refractivity contribution is -0.132. The van der Waals surface area contributed by atoms with E-state index in [0.29, 0.717) is 18.7 Å². The highest BCUT2D eigenvalue weighted by Gasteiger charge is 2.34. The first kappa shape index (κ1) is 25.6. The summed E-state index contributed by atoms with van der Waals surface area (Å²) >= 11 is 0. The standard InChI is InChI=1S/C23H34N4O5/c1-15-11-27(16(2)14-28)23(31)19-9-18(8-7-17(3)29)10-24-22(19)32-20(15)12-26(6)21(30)13-25(4)5/h9-10,15-17,20,28-29H,11-14H2,1-6H3/t15-,16-,17-,20-/m0/s1. The zero-order chi connectivity index (χ0) is 24.0. The van der Waals surface area contributed by atoms with Crippen molar-refractivity contribution in [3.05, 3.63) is 23.4 Å². The Morgan fingerprint density at radius 1 is 1.38 bits per heavy atom. The molecule has 0 aromatic carbocycles. The van der Waals surface area contributed by atoms with E-state index in [0.717, 1.165) is 0 Å². The summed E-state index contributed by atoms with van der Waals surface area (Å²) in [6, 6.07) is 1.18. The number of pyridine rings is 1. The number of aliphatic hydroxyl groups is 2. The molecule has 9 nitrogen and oxygen atoms in total. The molecule has 0 fully saturated rings. The van der Waals surface area contributed by atoms with Crippen LogP contribution >= 0.6 is 0 Å². The first-order valence-electron chi connectivity index (χ1n) is 10.7. The van der Waals surface area contributed by atoms with Gasteiger partial charge in [-0.3, -0.25) is 9.59 Å². The number of nitrogens with zero attached hydrogens (tertiary/aromatic N) is 4. The molecule has 9 heteroatoms. The molecule has 1 aliphatic heterocycles. The molecule has 1 aliphatic rings. The Kier molecular flexibility index (Phi) is 9.01. The van der Waals surface area contributed by atoms with Gasteiger partial charge in [-0.05, 0) is 34.0 Å². The van der Waals surface area contributed by atoms with Crippen molar-refractivity contribution in [3.63, 3.8) is 0 Å². The molecule has 32 heavy (non-hydrogen) atoms. The second kappa shape index (κ2) is 11.3. The fourth-order valence-electron chi connectivity index (χ4n) is 3.34. The summed E-state index contributed by atoms with van der Waals surface area (Å²) < 4.78 is 6.16. The van der Waals surface area contributed by atoms with Crippen LogP contribution in [0.15, 0.2) is 12.3 Å². The SMILES string of the molecule is C[C@H](O)C#Cc1cnc2c(c1)C(=O)N([C@@H](C)CO)C[C@H](C)[C@H](CN(C)C(=O)CN(C)C)O2. The van der Waals surface area contributed by atoms with Crippen LogP contribution in [0.3, 0.4) is 0 Å². The third-order valence-corrected chi connectivity index (χ3v) is 5.28. The fourth-order valence-corrected chi connectivity index (χ4v) is 3.34. The number of amides is 2. The highest BCUT2D eigenvalue weighted by molar-refractivity contribution is 5.97. The van der Waals surface area contributed by atoms with Gasteiger partial charge in [0.25, 0.3) is 5.91 Å². The molecule has 2 N–H and O–H groups in total. The molecule has 176 valence electrons. The second-order valence-electron chi connectivity index (χ2n) is 8.66. The zero-order valence-corrected chi connectivity index (χ0v) is 19.7. The van der Waals surface area contributed by atoms with Crippen LogP contribution in [0.5, 0.6) is 5.88 Å². The summed E-state index contributed by atoms with van der Waals surface area (Å²) in [4.78, 5) is 35.1. The number of hydrogen-bond acceptors (Lipinski definition) is 7. The second-order valence-corrected chi connectivity index (χ2v) is 8.66. The van der Waals surface area contributed by atoms with E-state index in [2.05, 4.69) is 16.8 Å². The average Bonchev–Trinajstić information content (AvgIpc) is 2.73. The van der Waals surface area contributed by atoms with Gasteiger partial charge in [0, 0.05) is 31.3 Å². The number of ether oxygens (including phenoxy) is 1. The van der Waals surface area contributed by atoms with E-state index in [9.17, 15) is 19.8 Å². The smallest absolute Gasteiger partial charge is 0.259 e. The van der Waals surface area contributed by atoms with Crippen molar-refractivity contribution in [1.29, 1.82) is 0 Å². The highest BCUT2D eigenvalue weighted by Crippen LogP contribution is 2.27. The average molecular weight is 447 g/mol. The van der Waals surface area contributed by atoms with Gasteiger partial charge in [-0.1, -0.05) is 18.8 Å². The predicted molar refractivity (Wildman–Crippen MR) is 120 cm³/mol. The zero-order valence-electron chi connectivity index (χ0n) is 19.7. The van der Waals surface area contributed by atoms with Crippen LogP contribution in [-0.4, -0.2) is 107 Å². The molecule has 2 rings (SSSR count). The Labute approximate surface area is 190 Å². The van der Waals surface area contributed by atoms with Crippen LogP contribution in [0, 0.1) is 17.8 Å². The Morgan fingerprint density at radius 3 is 2.66 bits per heavy atom. The summed E-state index contributed by atoms with van der Waals surface area (Å²) in [6.45, 7) is 6.05. The number of aromatic nitrogens is 1. The van der Waals surface area contributed by atoms with Gasteiger partial charge in [-0.15, -0.1) is 0 Å². The van der Waals surface area contributed by atoms with E-state index in [1.807, 2.05) is 21.0 Å². The summed E-state index contributed by atoms with van der Waals surface area (Å²) in [7, 11) is 5.39. The van der Waals surface area contributed by atoms with Crippen molar-refractivity contribution in [1.82, 2.24) is 19.7 Å². The number of carbonyl (C=O) groups excluding carboxylic acids is 2. The van der Waals surface area contributed by atoms with Gasteiger partial charge in [-0.2, -0.15) is 0 Å². The number of hydrogen-bond donors (Lipinski definition) is 2. The molecule has 0 saturated heterocycles. The van der Waals surface area contributed by atoms with Crippen LogP contribution < -0.4 is 4.74 Å². The lowest BCUT2D eigenvalue weighted by Gasteiger charge is -2.37. The van der Waals surface area contributed by atoms with Gasteiger partial charge in [0.05, 0.1) is 25.7 Å². The topological polar surface area (TPSA) is 106 Å². The third kappa shape index (κ3) is 6.66. The minimum atomic E-state index is -0.810. The van der Waals surface area contributed by atoms with Gasteiger partial charge >= 0.3 is 0 Å². The number of likely N-dealkylation sites (N-methyl/N-ethyl adjacent to an activating group) is 2. The van der Waals surface area contributed by atoms with Crippen LogP contribution in [0.2, 0.25) is 0 Å². The van der Waals surface area contributed by atoms with E-state index in [-0.39, 0.29) is 42.3 Å². The van der Waals surface area contributed by atoms with Gasteiger partial charge in [0.2, 0.25) is 11.8 Å². The molecule has 4 atom stereocenters. The lowest BCUT2D eigenvalue weighted by atomic mass is 10.00. The first-order valence-corrected chi connectivity index (χ1v) is 10.7. The van der Waals surface area contributed by atoms with Gasteiger partial charge < -0.3 is 29.6 Å². The molecule has 0 spiro atoms. The van der Waals surface area contributed by atoms with E-state index >= 15 is 0 Å². The number of aliphatic hydroxyl groups excluding tert-OH is 2. The van der Waals surface area contributed by atoms with Crippen molar-refractivity contribution >= 4 is 11.8 Å². The molecule has 2 amide bonds. The maximum atomic E-state index is 13.3. The maximum absolute atomic E-state index is 13.3. The third-order valence-electron chi connectivity index (χ3n) is 5.28. The molecule has 0 radical (unpaired) electrons. The highest BCUT2D eigenvalue weighted by atomic mass is 16.5. The van der Waals surface area contributed by atoms with E-state index in [1.54, 1.807) is 41.7 Å². The molecule has 0 saturated carbocycles. The molecule has 0 unspecified atom stereocenters. The molecular weight excluding hydrogens is 412 g/mol. The summed E-state index contributed by atoms with van der Waals surface area (Å²) in [5.41, 5.74) is 0.712. The Morgan fingerprint density at radius 2 is 2.06 bits per heavy atom. The normalized spacial score (nSPS) is 20.3. The molecule has 0 bridgehead atoms. The van der Waals surface area contributed by atoms with E-state index < -0.39 is 18.2 Å². The molecule has 1 aromatic heterocycles. The lowest BCUT2D eigenvalue weighted by Crippen LogP contribution is -2.51. The summed E-state index contributed by atoms with van der Waals surface area (Å²) in [5, 5.41) is 19.1. The summed E-state index contributed by atoms with van der Waals surface area (Å²) in [6.07, 6.45) is 0.273. The molecule has 1 aromatic rings. The molecular formula is C23H34N4O5. The Bertz CT molecular complexity index is 877. The first-order chi connectivity index (χ1) is 15.0. The van der Waals surface area contributed by atoms with E-state index in [4.69, 9.17) is 4.74 Å². The quantitative estimate of drug-likeness (QED) is 0.595. The minimum absolute atomic E-state index is 0.0403. The van der Waals surface area contributed by atoms with Crippen molar-refractivity contribution in [2.45, 2.75) is 39.0 Å². The van der Waals surface area contributed by atoms with Crippen LogP contribution in [0.25, 0.3) is 0 Å². The van der Waals surface area contributed by atoms with Crippen LogP contribution in [-0.2, 0) is 4.79 Å². The van der Waals surface area contributed by atoms with Crippen molar-refractivity contribution in [2.24, 2.45) is 5.92 Å². The van der Waals surface area contributed by atoms with Crippen molar-refractivity contribution in [2.75, 3.05) is 47.4 Å². The Balaban J connectivity index is 2.42. The van der Waals surface area contributed by atoms with Crippen LogP contribution in [0.1, 0.15) is 36.7 Å². The number of rotatable bonds is 6. The van der Waals surface area contributed by atoms with Gasteiger partial charge in [0.15, 0.2) is 0 Å². The van der Waals surface area contributed by atoms with Gasteiger partial charge in [0.1, 0.15) is 17.8 Å². The monoisotopic (exact) mass is 446 g/mol. The molecule has 2 heterocycles. The number of fused-ring (bicyclic) bond motifs is 1.